The molecule has 0 atom stereocenters. The maximum Gasteiger partial charge on any atom is 0.311 e. The van der Waals surface area contributed by atoms with Crippen molar-refractivity contribution in [3.8, 4) is 5.69 Å². The van der Waals surface area contributed by atoms with Crippen molar-refractivity contribution in [3.63, 3.8) is 0 Å². The number of Topliss-reactive ketones (excluding diaryl/α,β-unsaturated/α-hetero) is 2. The van der Waals surface area contributed by atoms with Crippen LogP contribution in [-0.4, -0.2) is 32.5 Å². The van der Waals surface area contributed by atoms with Gasteiger partial charge in [-0.2, -0.15) is 0 Å². The predicted molar refractivity (Wildman–Crippen MR) is 132 cm³/mol. The van der Waals surface area contributed by atoms with E-state index in [1.807, 2.05) is 32.1 Å². The number of fused-ring (bicyclic) bond motifs is 1. The summed E-state index contributed by atoms with van der Waals surface area (Å²) in [6.45, 7) is 3.80. The molecule has 0 radical (unpaired) electrons. The second-order valence-electron chi connectivity index (χ2n) is 8.46. The van der Waals surface area contributed by atoms with Gasteiger partial charge in [-0.1, -0.05) is 52.7 Å². The van der Waals surface area contributed by atoms with Crippen molar-refractivity contribution in [2.45, 2.75) is 39.5 Å². The van der Waals surface area contributed by atoms with Crippen LogP contribution in [0.5, 0.6) is 0 Å². The Morgan fingerprint density at radius 3 is 2.40 bits per heavy atom. The molecule has 0 N–H and O–H groups in total. The summed E-state index contributed by atoms with van der Waals surface area (Å²) >= 11 is 5.92. The number of nitrogens with zero attached hydrogens (tertiary/aromatic N) is 3. The lowest BCUT2D eigenvalue weighted by molar-refractivity contribution is -0.139. The highest BCUT2D eigenvalue weighted by Crippen LogP contribution is 2.29. The van der Waals surface area contributed by atoms with Crippen LogP contribution < -0.4 is 0 Å². The molecule has 1 aliphatic carbocycles. The van der Waals surface area contributed by atoms with Crippen molar-refractivity contribution in [1.82, 2.24) is 15.0 Å². The molecule has 0 spiro atoms. The van der Waals surface area contributed by atoms with E-state index >= 15 is 0 Å². The fourth-order valence-electron chi connectivity index (χ4n) is 3.72. The number of allylic oxidation sites excluding steroid dienone is 4. The maximum absolute atomic E-state index is 13.1. The van der Waals surface area contributed by atoms with Gasteiger partial charge in [0.2, 0.25) is 5.78 Å². The van der Waals surface area contributed by atoms with Crippen molar-refractivity contribution >= 4 is 29.1 Å². The summed E-state index contributed by atoms with van der Waals surface area (Å²) in [7, 11) is 0. The molecule has 0 aliphatic heterocycles. The molecule has 35 heavy (non-hydrogen) atoms. The van der Waals surface area contributed by atoms with Crippen molar-refractivity contribution in [1.29, 1.82) is 0 Å². The maximum atomic E-state index is 13.1. The minimum Gasteiger partial charge on any atom is -0.422 e. The molecule has 7 nitrogen and oxygen atoms in total. The van der Waals surface area contributed by atoms with E-state index in [1.54, 1.807) is 47.3 Å². The van der Waals surface area contributed by atoms with Gasteiger partial charge in [-0.15, -0.1) is 5.10 Å². The number of hydrogen-bond donors (Lipinski definition) is 0. The van der Waals surface area contributed by atoms with Crippen LogP contribution in [0, 0.1) is 0 Å². The number of halogens is 1. The van der Waals surface area contributed by atoms with E-state index in [1.165, 1.54) is 0 Å². The van der Waals surface area contributed by atoms with Gasteiger partial charge in [-0.25, -0.2) is 4.68 Å². The lowest BCUT2D eigenvalue weighted by atomic mass is 9.86. The number of benzene rings is 2. The van der Waals surface area contributed by atoms with Crippen LogP contribution in [0.25, 0.3) is 5.69 Å². The normalized spacial score (nSPS) is 13.0. The second-order valence-corrected chi connectivity index (χ2v) is 8.89. The summed E-state index contributed by atoms with van der Waals surface area (Å²) in [5, 5.41) is 8.88. The van der Waals surface area contributed by atoms with Gasteiger partial charge in [0.05, 0.1) is 23.2 Å². The molecule has 0 unspecified atom stereocenters. The lowest BCUT2D eigenvalue weighted by Gasteiger charge is -2.20. The second kappa shape index (κ2) is 10.6. The first-order valence-corrected chi connectivity index (χ1v) is 11.6. The average molecular weight is 490 g/mol. The van der Waals surface area contributed by atoms with Crippen molar-refractivity contribution < 1.29 is 19.1 Å². The summed E-state index contributed by atoms with van der Waals surface area (Å²) in [6, 6.07) is 13.8. The summed E-state index contributed by atoms with van der Waals surface area (Å²) in [5.41, 5.74) is 3.32. The minimum absolute atomic E-state index is 0.0658. The molecule has 3 aromatic rings. The van der Waals surface area contributed by atoms with Crippen LogP contribution in [-0.2, 0) is 16.0 Å². The smallest absolute Gasteiger partial charge is 0.311 e. The van der Waals surface area contributed by atoms with Gasteiger partial charge in [-0.3, -0.25) is 14.4 Å². The predicted octanol–water partition coefficient (Wildman–Crippen LogP) is 5.48. The molecule has 1 aliphatic rings. The Hall–Kier alpha value is -3.84. The first kappa shape index (κ1) is 24.3. The number of esters is 1. The summed E-state index contributed by atoms with van der Waals surface area (Å²) in [4.78, 5) is 38.7. The molecule has 1 heterocycles. The van der Waals surface area contributed by atoms with Gasteiger partial charge >= 0.3 is 5.97 Å². The molecule has 178 valence electrons. The van der Waals surface area contributed by atoms with E-state index in [0.29, 0.717) is 29.1 Å². The lowest BCUT2D eigenvalue weighted by Crippen LogP contribution is -2.25. The largest absolute Gasteiger partial charge is 0.422 e. The molecule has 0 fully saturated rings. The molecule has 1 aromatic heterocycles. The molecule has 0 saturated heterocycles. The number of rotatable bonds is 8. The highest BCUT2D eigenvalue weighted by Gasteiger charge is 2.34. The summed E-state index contributed by atoms with van der Waals surface area (Å²) in [5.74, 6) is -1.49. The molecule has 2 aromatic carbocycles. The van der Waals surface area contributed by atoms with Gasteiger partial charge in [-0.05, 0) is 57.4 Å². The summed E-state index contributed by atoms with van der Waals surface area (Å²) in [6.07, 6.45) is 4.87. The van der Waals surface area contributed by atoms with Crippen molar-refractivity contribution in [3.05, 3.63) is 99.6 Å². The van der Waals surface area contributed by atoms with Crippen LogP contribution in [0.15, 0.2) is 77.7 Å². The van der Waals surface area contributed by atoms with E-state index in [2.05, 4.69) is 10.3 Å². The van der Waals surface area contributed by atoms with E-state index < -0.39 is 11.8 Å². The van der Waals surface area contributed by atoms with Gasteiger partial charge in [0, 0.05) is 22.6 Å². The van der Waals surface area contributed by atoms with Gasteiger partial charge < -0.3 is 4.74 Å². The van der Waals surface area contributed by atoms with Crippen LogP contribution in [0.2, 0.25) is 5.02 Å². The highest BCUT2D eigenvalue weighted by atomic mass is 35.5. The zero-order valence-corrected chi connectivity index (χ0v) is 20.2. The van der Waals surface area contributed by atoms with E-state index in [0.717, 1.165) is 11.3 Å². The molecule has 0 bridgehead atoms. The Bertz CT molecular complexity index is 1350. The highest BCUT2D eigenvalue weighted by molar-refractivity contribution is 6.30. The standard InChI is InChI=1S/C27H24ClN3O4/c1-17(2)10-15-23-25(33)21-7-3-4-8-22(21)26(34)27(23)35-24(32)9-5-6-19-16-31(30-29-19)20-13-11-18(28)12-14-20/h3-4,7-8,10-14,16H,5-6,9,15H2,1-2H3. The zero-order valence-electron chi connectivity index (χ0n) is 19.5. The van der Waals surface area contributed by atoms with Crippen LogP contribution >= 0.6 is 11.6 Å². The fraction of sp³-hybridized carbons (Fsp3) is 0.222. The van der Waals surface area contributed by atoms with Crippen LogP contribution in [0.3, 0.4) is 0 Å². The zero-order chi connectivity index (χ0) is 24.9. The third kappa shape index (κ3) is 5.63. The Kier molecular flexibility index (Phi) is 7.36. The van der Waals surface area contributed by atoms with Gasteiger partial charge in [0.1, 0.15) is 0 Å². The quantitative estimate of drug-likeness (QED) is 0.307. The molecular formula is C27H24ClN3O4. The summed E-state index contributed by atoms with van der Waals surface area (Å²) < 4.78 is 7.12. The molecule has 8 heteroatoms. The topological polar surface area (TPSA) is 91.2 Å². The SMILES string of the molecule is CC(C)=CCC1=C(OC(=O)CCCc2cn(-c3ccc(Cl)cc3)nn2)C(=O)c2ccccc2C1=O. The molecule has 4 rings (SSSR count). The number of ether oxygens (including phenoxy) is 1. The Morgan fingerprint density at radius 1 is 1.03 bits per heavy atom. The Balaban J connectivity index is 1.42. The number of carbonyl (C=O) groups excluding carboxylic acids is 3. The van der Waals surface area contributed by atoms with Gasteiger partial charge in [0.15, 0.2) is 11.5 Å². The first-order valence-electron chi connectivity index (χ1n) is 11.3. The third-order valence-corrected chi connectivity index (χ3v) is 5.80. The molecule has 0 saturated carbocycles. The number of aryl methyl sites for hydroxylation is 1. The number of carbonyl (C=O) groups is 3. The number of hydrogen-bond acceptors (Lipinski definition) is 6. The Labute approximate surface area is 208 Å². The third-order valence-electron chi connectivity index (χ3n) is 5.55. The number of ketones is 2. The van der Waals surface area contributed by atoms with E-state index in [4.69, 9.17) is 16.3 Å². The minimum atomic E-state index is -0.569. The van der Waals surface area contributed by atoms with Crippen molar-refractivity contribution in [2.75, 3.05) is 0 Å². The average Bonchev–Trinajstić information content (AvgIpc) is 3.31. The Morgan fingerprint density at radius 2 is 1.71 bits per heavy atom. The van der Waals surface area contributed by atoms with E-state index in [-0.39, 0.29) is 35.5 Å². The monoisotopic (exact) mass is 489 g/mol. The number of aromatic nitrogens is 3. The van der Waals surface area contributed by atoms with Crippen molar-refractivity contribution in [2.24, 2.45) is 0 Å². The first-order chi connectivity index (χ1) is 16.8. The fourth-order valence-corrected chi connectivity index (χ4v) is 3.84. The van der Waals surface area contributed by atoms with E-state index in [9.17, 15) is 14.4 Å². The van der Waals surface area contributed by atoms with Crippen LogP contribution in [0.1, 0.15) is 59.5 Å². The molecular weight excluding hydrogens is 466 g/mol. The van der Waals surface area contributed by atoms with Crippen LogP contribution in [0.4, 0.5) is 0 Å². The molecule has 0 amide bonds. The van der Waals surface area contributed by atoms with Gasteiger partial charge in [0.25, 0.3) is 0 Å².